The molecule has 0 N–H and O–H groups in total. The summed E-state index contributed by atoms with van der Waals surface area (Å²) in [5.41, 5.74) is 4.13. The van der Waals surface area contributed by atoms with Crippen molar-refractivity contribution in [3.63, 3.8) is 0 Å². The Morgan fingerprint density at radius 3 is 2.90 bits per heavy atom. The molecule has 2 bridgehead atoms. The molecule has 0 radical (unpaired) electrons. The number of aryl methyl sites for hydroxylation is 1. The molecule has 21 heavy (non-hydrogen) atoms. The van der Waals surface area contributed by atoms with Gasteiger partial charge in [-0.25, -0.2) is 0 Å². The van der Waals surface area contributed by atoms with Crippen LogP contribution in [0.1, 0.15) is 66.9 Å². The molecule has 0 aliphatic heterocycles. The lowest BCUT2D eigenvalue weighted by atomic mass is 9.62. The molecule has 3 aliphatic rings. The first-order chi connectivity index (χ1) is 10.2. The minimum Gasteiger partial charge on any atom is -0.294 e. The summed E-state index contributed by atoms with van der Waals surface area (Å²) in [6, 6.07) is 6.70. The average Bonchev–Trinajstić information content (AvgIpc) is 3.10. The zero-order valence-corrected chi connectivity index (χ0v) is 12.9. The first-order valence-corrected chi connectivity index (χ1v) is 8.58. The summed E-state index contributed by atoms with van der Waals surface area (Å²) in [6.45, 7) is 2.24. The Hall–Kier alpha value is -1.37. The molecule has 1 aromatic rings. The fourth-order valence-electron chi connectivity index (χ4n) is 4.94. The molecule has 1 nitrogen and oxygen atoms in total. The third kappa shape index (κ3) is 1.93. The van der Waals surface area contributed by atoms with Crippen LogP contribution >= 0.6 is 0 Å². The molecule has 3 aliphatic carbocycles. The number of hydrogen-bond donors (Lipinski definition) is 0. The van der Waals surface area contributed by atoms with Crippen LogP contribution in [-0.4, -0.2) is 5.78 Å². The van der Waals surface area contributed by atoms with E-state index in [1.54, 1.807) is 0 Å². The van der Waals surface area contributed by atoms with Gasteiger partial charge in [0.25, 0.3) is 0 Å². The SMILES string of the molecule is CCCCc1ccc2c(c1)C1(CCC2=O)CC2C=CC1C2. The van der Waals surface area contributed by atoms with Gasteiger partial charge in [-0.2, -0.15) is 0 Å². The van der Waals surface area contributed by atoms with E-state index in [2.05, 4.69) is 37.3 Å². The summed E-state index contributed by atoms with van der Waals surface area (Å²) < 4.78 is 0. The topological polar surface area (TPSA) is 17.1 Å². The molecular weight excluding hydrogens is 256 g/mol. The predicted molar refractivity (Wildman–Crippen MR) is 85.7 cm³/mol. The summed E-state index contributed by atoms with van der Waals surface area (Å²) in [5.74, 6) is 1.80. The summed E-state index contributed by atoms with van der Waals surface area (Å²) in [7, 11) is 0. The summed E-state index contributed by atoms with van der Waals surface area (Å²) in [5, 5.41) is 0. The van der Waals surface area contributed by atoms with Crippen molar-refractivity contribution < 1.29 is 4.79 Å². The van der Waals surface area contributed by atoms with E-state index in [0.717, 1.165) is 30.7 Å². The van der Waals surface area contributed by atoms with Crippen LogP contribution in [-0.2, 0) is 11.8 Å². The lowest BCUT2D eigenvalue weighted by molar-refractivity contribution is 0.0944. The fourth-order valence-corrected chi connectivity index (χ4v) is 4.94. The Bertz CT molecular complexity index is 612. The van der Waals surface area contributed by atoms with E-state index in [4.69, 9.17) is 0 Å². The van der Waals surface area contributed by atoms with E-state index >= 15 is 0 Å². The van der Waals surface area contributed by atoms with Gasteiger partial charge in [-0.3, -0.25) is 4.79 Å². The summed E-state index contributed by atoms with van der Waals surface area (Å²) in [4.78, 5) is 12.3. The normalized spacial score (nSPS) is 32.9. The Labute approximate surface area is 127 Å². The molecule has 0 aromatic heterocycles. The van der Waals surface area contributed by atoms with Crippen LogP contribution in [0.4, 0.5) is 0 Å². The van der Waals surface area contributed by atoms with Crippen LogP contribution in [0.15, 0.2) is 30.4 Å². The van der Waals surface area contributed by atoms with Gasteiger partial charge >= 0.3 is 0 Å². The minimum atomic E-state index is 0.283. The number of benzene rings is 1. The number of allylic oxidation sites excluding steroid dienone is 2. The number of fused-ring (bicyclic) bond motifs is 5. The number of Topliss-reactive ketones (excluding diaryl/α,β-unsaturated/α-hetero) is 1. The zero-order chi connectivity index (χ0) is 14.4. The van der Waals surface area contributed by atoms with Gasteiger partial charge in [0.05, 0.1) is 0 Å². The van der Waals surface area contributed by atoms with Gasteiger partial charge in [0.1, 0.15) is 0 Å². The smallest absolute Gasteiger partial charge is 0.163 e. The lowest BCUT2D eigenvalue weighted by Crippen LogP contribution is -2.37. The highest BCUT2D eigenvalue weighted by atomic mass is 16.1. The number of unbranched alkanes of at least 4 members (excludes halogenated alkanes) is 1. The van der Waals surface area contributed by atoms with Crippen molar-refractivity contribution in [2.45, 2.75) is 57.3 Å². The molecular formula is C20H24O. The van der Waals surface area contributed by atoms with Crippen LogP contribution in [0.5, 0.6) is 0 Å². The molecule has 0 saturated heterocycles. The van der Waals surface area contributed by atoms with Gasteiger partial charge in [-0.05, 0) is 55.1 Å². The van der Waals surface area contributed by atoms with E-state index in [1.807, 2.05) is 0 Å². The van der Waals surface area contributed by atoms with Crippen molar-refractivity contribution >= 4 is 5.78 Å². The molecule has 1 heteroatoms. The molecule has 110 valence electrons. The average molecular weight is 280 g/mol. The van der Waals surface area contributed by atoms with Crippen molar-refractivity contribution in [3.8, 4) is 0 Å². The minimum absolute atomic E-state index is 0.283. The largest absolute Gasteiger partial charge is 0.294 e. The van der Waals surface area contributed by atoms with Crippen LogP contribution in [0.25, 0.3) is 0 Å². The molecule has 3 atom stereocenters. The Balaban J connectivity index is 1.79. The molecule has 0 heterocycles. The van der Waals surface area contributed by atoms with Gasteiger partial charge in [-0.1, -0.05) is 43.7 Å². The first-order valence-electron chi connectivity index (χ1n) is 8.58. The van der Waals surface area contributed by atoms with Gasteiger partial charge in [0, 0.05) is 17.4 Å². The third-order valence-electron chi connectivity index (χ3n) is 6.05. The highest BCUT2D eigenvalue weighted by Gasteiger charge is 2.52. The Kier molecular flexibility index (Phi) is 3.06. The number of rotatable bonds is 3. The van der Waals surface area contributed by atoms with E-state index in [0.29, 0.717) is 11.7 Å². The Morgan fingerprint density at radius 1 is 1.29 bits per heavy atom. The zero-order valence-electron chi connectivity index (χ0n) is 12.9. The Morgan fingerprint density at radius 2 is 2.19 bits per heavy atom. The molecule has 1 fully saturated rings. The van der Waals surface area contributed by atoms with Gasteiger partial charge in [0.15, 0.2) is 5.78 Å². The maximum absolute atomic E-state index is 12.3. The van der Waals surface area contributed by atoms with Gasteiger partial charge in [-0.15, -0.1) is 0 Å². The van der Waals surface area contributed by atoms with Crippen molar-refractivity contribution in [3.05, 3.63) is 47.0 Å². The van der Waals surface area contributed by atoms with Crippen LogP contribution in [0.3, 0.4) is 0 Å². The second-order valence-electron chi connectivity index (χ2n) is 7.25. The van der Waals surface area contributed by atoms with Crippen LogP contribution < -0.4 is 0 Å². The van der Waals surface area contributed by atoms with Gasteiger partial charge in [0.2, 0.25) is 0 Å². The number of carbonyl (C=O) groups excluding carboxylic acids is 1. The molecule has 1 spiro atoms. The highest BCUT2D eigenvalue weighted by Crippen LogP contribution is 2.58. The summed E-state index contributed by atoms with van der Waals surface area (Å²) >= 11 is 0. The van der Waals surface area contributed by atoms with Crippen LogP contribution in [0.2, 0.25) is 0 Å². The van der Waals surface area contributed by atoms with Crippen molar-refractivity contribution in [2.24, 2.45) is 11.8 Å². The van der Waals surface area contributed by atoms with E-state index in [-0.39, 0.29) is 5.41 Å². The highest BCUT2D eigenvalue weighted by molar-refractivity contribution is 5.99. The molecule has 1 aromatic carbocycles. The van der Waals surface area contributed by atoms with Crippen LogP contribution in [0, 0.1) is 11.8 Å². The molecule has 0 amide bonds. The second-order valence-corrected chi connectivity index (χ2v) is 7.25. The maximum atomic E-state index is 12.3. The second kappa shape index (κ2) is 4.83. The predicted octanol–water partition coefficient (Wildman–Crippen LogP) is 4.84. The van der Waals surface area contributed by atoms with Crippen molar-refractivity contribution in [1.82, 2.24) is 0 Å². The first kappa shape index (κ1) is 13.3. The number of ketones is 1. The molecule has 3 unspecified atom stereocenters. The standard InChI is InChI=1S/C20H24O/c1-2-3-4-14-6-8-17-18(12-14)20(10-9-19(17)21)13-15-5-7-16(20)11-15/h5-8,12,15-16H,2-4,9-11,13H2,1H3. The van der Waals surface area contributed by atoms with E-state index in [9.17, 15) is 4.79 Å². The van der Waals surface area contributed by atoms with Crippen molar-refractivity contribution in [2.75, 3.05) is 0 Å². The fraction of sp³-hybridized carbons (Fsp3) is 0.550. The van der Waals surface area contributed by atoms with Gasteiger partial charge < -0.3 is 0 Å². The van der Waals surface area contributed by atoms with E-state index in [1.165, 1.54) is 36.8 Å². The maximum Gasteiger partial charge on any atom is 0.163 e. The third-order valence-corrected chi connectivity index (χ3v) is 6.05. The lowest BCUT2D eigenvalue weighted by Gasteiger charge is -2.40. The molecule has 1 saturated carbocycles. The number of carbonyl (C=O) groups is 1. The molecule has 4 rings (SSSR count). The van der Waals surface area contributed by atoms with E-state index < -0.39 is 0 Å². The monoisotopic (exact) mass is 280 g/mol. The quantitative estimate of drug-likeness (QED) is 0.724. The summed E-state index contributed by atoms with van der Waals surface area (Å²) in [6.07, 6.45) is 12.9. The number of hydrogen-bond acceptors (Lipinski definition) is 1. The van der Waals surface area contributed by atoms with Crippen molar-refractivity contribution in [1.29, 1.82) is 0 Å².